The first-order chi connectivity index (χ1) is 10.7. The molecule has 1 atom stereocenters. The number of sulfone groups is 1. The molecule has 0 fully saturated rings. The number of nitrogens with one attached hydrogen (secondary N) is 1. The van der Waals surface area contributed by atoms with Crippen molar-refractivity contribution in [3.05, 3.63) is 58.0 Å². The number of halogens is 1. The van der Waals surface area contributed by atoms with Crippen LogP contribution in [0.3, 0.4) is 0 Å². The van der Waals surface area contributed by atoms with Gasteiger partial charge in [-0.3, -0.25) is 10.1 Å². The zero-order valence-electron chi connectivity index (χ0n) is 12.4. The Balaban J connectivity index is 2.31. The maximum absolute atomic E-state index is 13.9. The molecule has 1 unspecified atom stereocenters. The van der Waals surface area contributed by atoms with Gasteiger partial charge in [0.05, 0.1) is 11.0 Å². The third kappa shape index (κ3) is 3.81. The van der Waals surface area contributed by atoms with E-state index in [1.54, 1.807) is 6.92 Å². The van der Waals surface area contributed by atoms with Gasteiger partial charge in [0.2, 0.25) is 5.82 Å². The monoisotopic (exact) mass is 339 g/mol. The molecule has 0 saturated carbocycles. The van der Waals surface area contributed by atoms with Gasteiger partial charge in [0.15, 0.2) is 9.84 Å². The van der Waals surface area contributed by atoms with Crippen molar-refractivity contribution in [3.8, 4) is 0 Å². The first kappa shape index (κ1) is 16.8. The van der Waals surface area contributed by atoms with Crippen LogP contribution in [0.15, 0.2) is 41.4 Å². The van der Waals surface area contributed by atoms with E-state index < -0.39 is 31.5 Å². The molecule has 7 nitrogen and oxygen atoms in total. The molecule has 9 heteroatoms. The lowest BCUT2D eigenvalue weighted by atomic mass is 10.1. The molecule has 0 aliphatic heterocycles. The summed E-state index contributed by atoms with van der Waals surface area (Å²) in [5, 5.41) is 13.8. The van der Waals surface area contributed by atoms with E-state index in [4.69, 9.17) is 0 Å². The van der Waals surface area contributed by atoms with E-state index in [-0.39, 0.29) is 11.5 Å². The Kier molecular flexibility index (Phi) is 4.60. The van der Waals surface area contributed by atoms with E-state index >= 15 is 0 Å². The SMILES string of the molecule is CC(Nc1ncccc1[N+](=O)[O-])c1ccc(S(C)(=O)=O)c(F)c1. The number of hydrogen-bond donors (Lipinski definition) is 1. The van der Waals surface area contributed by atoms with Crippen LogP contribution in [-0.2, 0) is 9.84 Å². The second-order valence-corrected chi connectivity index (χ2v) is 6.94. The minimum absolute atomic E-state index is 0.0533. The largest absolute Gasteiger partial charge is 0.358 e. The van der Waals surface area contributed by atoms with E-state index in [2.05, 4.69) is 10.3 Å². The van der Waals surface area contributed by atoms with Gasteiger partial charge >= 0.3 is 5.69 Å². The van der Waals surface area contributed by atoms with Crippen molar-refractivity contribution in [2.75, 3.05) is 11.6 Å². The van der Waals surface area contributed by atoms with Crippen LogP contribution in [-0.4, -0.2) is 24.6 Å². The van der Waals surface area contributed by atoms with E-state index in [0.717, 1.165) is 12.3 Å². The van der Waals surface area contributed by atoms with Gasteiger partial charge in [0, 0.05) is 18.5 Å². The minimum atomic E-state index is -3.65. The van der Waals surface area contributed by atoms with Crippen LogP contribution in [0.2, 0.25) is 0 Å². The van der Waals surface area contributed by atoms with Gasteiger partial charge in [0.1, 0.15) is 10.7 Å². The summed E-state index contributed by atoms with van der Waals surface area (Å²) in [7, 11) is -3.65. The summed E-state index contributed by atoms with van der Waals surface area (Å²) in [6, 6.07) is 5.94. The summed E-state index contributed by atoms with van der Waals surface area (Å²) in [5.74, 6) is -0.813. The van der Waals surface area contributed by atoms with Crippen LogP contribution >= 0.6 is 0 Å². The Morgan fingerprint density at radius 2 is 2.04 bits per heavy atom. The fraction of sp³-hybridized carbons (Fsp3) is 0.214. The number of nitrogens with zero attached hydrogens (tertiary/aromatic N) is 2. The standard InChI is InChI=1S/C14H14FN3O4S/c1-9(17-14-12(18(19)20)4-3-7-16-14)10-5-6-13(11(15)8-10)23(2,21)22/h3-9H,1-2H3,(H,16,17). The van der Waals surface area contributed by atoms with Crippen LogP contribution in [0.25, 0.3) is 0 Å². The third-order valence-electron chi connectivity index (χ3n) is 3.19. The Hall–Kier alpha value is -2.55. The molecule has 0 amide bonds. The van der Waals surface area contributed by atoms with Crippen LogP contribution in [0, 0.1) is 15.9 Å². The topological polar surface area (TPSA) is 102 Å². The summed E-state index contributed by atoms with van der Waals surface area (Å²) in [6.45, 7) is 1.66. The van der Waals surface area contributed by atoms with Gasteiger partial charge in [0.25, 0.3) is 0 Å². The highest BCUT2D eigenvalue weighted by Crippen LogP contribution is 2.27. The summed E-state index contributed by atoms with van der Waals surface area (Å²) in [5.41, 5.74) is 0.238. The first-order valence-electron chi connectivity index (χ1n) is 6.55. The molecule has 0 saturated heterocycles. The molecule has 0 aliphatic carbocycles. The maximum atomic E-state index is 13.9. The lowest BCUT2D eigenvalue weighted by molar-refractivity contribution is -0.384. The number of rotatable bonds is 5. The van der Waals surface area contributed by atoms with Crippen molar-refractivity contribution in [3.63, 3.8) is 0 Å². The van der Waals surface area contributed by atoms with Crippen molar-refractivity contribution in [2.45, 2.75) is 17.9 Å². The first-order valence-corrected chi connectivity index (χ1v) is 8.44. The lowest BCUT2D eigenvalue weighted by Crippen LogP contribution is -2.11. The zero-order valence-corrected chi connectivity index (χ0v) is 13.2. The predicted molar refractivity (Wildman–Crippen MR) is 82.4 cm³/mol. The van der Waals surface area contributed by atoms with E-state index in [1.165, 1.54) is 30.5 Å². The average Bonchev–Trinajstić information content (AvgIpc) is 2.46. The molecule has 0 aliphatic rings. The van der Waals surface area contributed by atoms with Crippen molar-refractivity contribution in [1.82, 2.24) is 4.98 Å². The van der Waals surface area contributed by atoms with E-state index in [0.29, 0.717) is 5.56 Å². The molecule has 2 rings (SSSR count). The molecule has 0 bridgehead atoms. The average molecular weight is 339 g/mol. The zero-order chi connectivity index (χ0) is 17.2. The Morgan fingerprint density at radius 3 is 2.61 bits per heavy atom. The summed E-state index contributed by atoms with van der Waals surface area (Å²) in [4.78, 5) is 13.9. The van der Waals surface area contributed by atoms with Crippen LogP contribution in [0.1, 0.15) is 18.5 Å². The Labute approximate surface area is 132 Å². The minimum Gasteiger partial charge on any atom is -0.358 e. The highest BCUT2D eigenvalue weighted by molar-refractivity contribution is 7.90. The van der Waals surface area contributed by atoms with E-state index in [9.17, 15) is 22.9 Å². The highest BCUT2D eigenvalue weighted by atomic mass is 32.2. The predicted octanol–water partition coefficient (Wildman–Crippen LogP) is 2.71. The fourth-order valence-corrected chi connectivity index (χ4v) is 2.76. The van der Waals surface area contributed by atoms with Crippen molar-refractivity contribution < 1.29 is 17.7 Å². The second kappa shape index (κ2) is 6.29. The Morgan fingerprint density at radius 1 is 1.35 bits per heavy atom. The van der Waals surface area contributed by atoms with Crippen LogP contribution in [0.4, 0.5) is 15.9 Å². The van der Waals surface area contributed by atoms with Crippen molar-refractivity contribution in [2.24, 2.45) is 0 Å². The fourth-order valence-electron chi connectivity index (χ4n) is 2.03. The molecule has 1 heterocycles. The molecule has 1 aromatic carbocycles. The number of anilines is 1. The number of pyridine rings is 1. The van der Waals surface area contributed by atoms with Crippen LogP contribution < -0.4 is 5.32 Å². The van der Waals surface area contributed by atoms with E-state index in [1.807, 2.05) is 0 Å². The summed E-state index contributed by atoms with van der Waals surface area (Å²) in [6.07, 6.45) is 2.32. The maximum Gasteiger partial charge on any atom is 0.311 e. The van der Waals surface area contributed by atoms with Gasteiger partial charge in [-0.15, -0.1) is 0 Å². The van der Waals surface area contributed by atoms with Gasteiger partial charge in [-0.2, -0.15) is 0 Å². The van der Waals surface area contributed by atoms with Gasteiger partial charge in [-0.1, -0.05) is 6.07 Å². The molecule has 0 radical (unpaired) electrons. The number of hydrogen-bond acceptors (Lipinski definition) is 6. The molecule has 2 aromatic rings. The molecule has 1 aromatic heterocycles. The second-order valence-electron chi connectivity index (χ2n) is 4.96. The molecular formula is C14H14FN3O4S. The van der Waals surface area contributed by atoms with Crippen molar-refractivity contribution in [1.29, 1.82) is 0 Å². The molecule has 122 valence electrons. The number of aromatic nitrogens is 1. The molecule has 0 spiro atoms. The highest BCUT2D eigenvalue weighted by Gasteiger charge is 2.19. The number of benzene rings is 1. The smallest absolute Gasteiger partial charge is 0.311 e. The summed E-state index contributed by atoms with van der Waals surface area (Å²) < 4.78 is 36.7. The quantitative estimate of drug-likeness (QED) is 0.664. The third-order valence-corrected chi connectivity index (χ3v) is 4.32. The molecule has 1 N–H and O–H groups in total. The van der Waals surface area contributed by atoms with Gasteiger partial charge in [-0.05, 0) is 30.7 Å². The van der Waals surface area contributed by atoms with Crippen molar-refractivity contribution >= 4 is 21.3 Å². The molecular weight excluding hydrogens is 325 g/mol. The molecule has 23 heavy (non-hydrogen) atoms. The van der Waals surface area contributed by atoms with Crippen LogP contribution in [0.5, 0.6) is 0 Å². The lowest BCUT2D eigenvalue weighted by Gasteiger charge is -2.15. The number of nitro groups is 1. The summed E-state index contributed by atoms with van der Waals surface area (Å²) >= 11 is 0. The normalized spacial score (nSPS) is 12.7. The van der Waals surface area contributed by atoms with Gasteiger partial charge < -0.3 is 5.32 Å². The Bertz CT molecular complexity index is 855. The van der Waals surface area contributed by atoms with Gasteiger partial charge in [-0.25, -0.2) is 17.8 Å².